The van der Waals surface area contributed by atoms with Crippen molar-refractivity contribution in [2.75, 3.05) is 13.2 Å². The smallest absolute Gasteiger partial charge is 0.290 e. The molecule has 2 atom stereocenters. The van der Waals surface area contributed by atoms with Crippen LogP contribution in [0.25, 0.3) is 0 Å². The minimum atomic E-state index is -0.250. The summed E-state index contributed by atoms with van der Waals surface area (Å²) in [5.41, 5.74) is 2.85. The highest BCUT2D eigenvalue weighted by molar-refractivity contribution is 5.32. The van der Waals surface area contributed by atoms with Gasteiger partial charge in [0, 0.05) is 6.54 Å². The van der Waals surface area contributed by atoms with Crippen LogP contribution in [0.15, 0.2) is 24.3 Å². The van der Waals surface area contributed by atoms with E-state index >= 15 is 0 Å². The third-order valence-electron chi connectivity index (χ3n) is 4.23. The summed E-state index contributed by atoms with van der Waals surface area (Å²) in [6.45, 7) is 3.75. The Morgan fingerprint density at radius 3 is 3.00 bits per heavy atom. The van der Waals surface area contributed by atoms with E-state index in [4.69, 9.17) is 14.6 Å². The Hall–Kier alpha value is -1.39. The van der Waals surface area contributed by atoms with Gasteiger partial charge in [0.15, 0.2) is 0 Å². The van der Waals surface area contributed by atoms with Gasteiger partial charge in [-0.05, 0) is 25.3 Å². The van der Waals surface area contributed by atoms with Crippen LogP contribution in [-0.4, -0.2) is 30.8 Å². The van der Waals surface area contributed by atoms with Crippen molar-refractivity contribution < 1.29 is 14.6 Å². The lowest BCUT2D eigenvalue weighted by Crippen LogP contribution is -2.59. The lowest BCUT2D eigenvalue weighted by Gasteiger charge is -2.48. The fraction of sp³-hybridized carbons (Fsp3) is 0.562. The molecule has 2 N–H and O–H groups in total. The second-order valence-electron chi connectivity index (χ2n) is 5.48. The highest BCUT2D eigenvalue weighted by Crippen LogP contribution is 2.40. The second-order valence-corrected chi connectivity index (χ2v) is 5.48. The first-order valence-corrected chi connectivity index (χ1v) is 7.24. The van der Waals surface area contributed by atoms with Gasteiger partial charge in [-0.2, -0.15) is 0 Å². The maximum atomic E-state index is 8.36. The van der Waals surface area contributed by atoms with Gasteiger partial charge in [-0.15, -0.1) is 0 Å². The van der Waals surface area contributed by atoms with Gasteiger partial charge in [0.25, 0.3) is 6.47 Å². The van der Waals surface area contributed by atoms with Crippen molar-refractivity contribution in [2.24, 2.45) is 0 Å². The Bertz CT molecular complexity index is 435. The lowest BCUT2D eigenvalue weighted by atomic mass is 9.73. The molecule has 3 rings (SSSR count). The molecule has 2 fully saturated rings. The first-order valence-electron chi connectivity index (χ1n) is 7.24. The molecule has 1 aromatic carbocycles. The van der Waals surface area contributed by atoms with Crippen molar-refractivity contribution in [1.82, 2.24) is 5.32 Å². The normalized spacial score (nSPS) is 28.8. The molecule has 20 heavy (non-hydrogen) atoms. The maximum Gasteiger partial charge on any atom is 0.290 e. The number of morpholine rings is 1. The number of nitrogens with one attached hydrogen (secondary N) is 1. The van der Waals surface area contributed by atoms with E-state index in [2.05, 4.69) is 36.5 Å². The zero-order valence-corrected chi connectivity index (χ0v) is 12.0. The Morgan fingerprint density at radius 2 is 2.25 bits per heavy atom. The summed E-state index contributed by atoms with van der Waals surface area (Å²) in [5, 5.41) is 10.6. The Kier molecular flexibility index (Phi) is 5.15. The van der Waals surface area contributed by atoms with Crippen LogP contribution in [0.2, 0.25) is 0 Å². The standard InChI is InChI=1S/C15H21NO.CH2O2/c1-12-5-4-6-13(11-12)15-8-3-2-7-14(15)17-10-9-16-15;2-1-3/h4-6,11,14,16H,2-3,7-10H2,1H3;1H,(H,2,3). The second kappa shape index (κ2) is 6.86. The van der Waals surface area contributed by atoms with Gasteiger partial charge in [-0.1, -0.05) is 42.7 Å². The highest BCUT2D eigenvalue weighted by Gasteiger charge is 2.44. The maximum absolute atomic E-state index is 8.36. The SMILES string of the molecule is Cc1cccc(C23CCCCC2OCCN3)c1.O=CO. The molecule has 1 aliphatic carbocycles. The van der Waals surface area contributed by atoms with Crippen molar-refractivity contribution in [3.63, 3.8) is 0 Å². The number of ether oxygens (including phenoxy) is 1. The van der Waals surface area contributed by atoms with E-state index in [1.165, 1.54) is 36.8 Å². The van der Waals surface area contributed by atoms with Crippen LogP contribution in [0.3, 0.4) is 0 Å². The predicted molar refractivity (Wildman–Crippen MR) is 77.8 cm³/mol. The van der Waals surface area contributed by atoms with Gasteiger partial charge < -0.3 is 15.2 Å². The minimum absolute atomic E-state index is 0.0858. The molecule has 0 bridgehead atoms. The molecular weight excluding hydrogens is 254 g/mol. The van der Waals surface area contributed by atoms with Crippen LogP contribution in [0, 0.1) is 6.92 Å². The van der Waals surface area contributed by atoms with Crippen molar-refractivity contribution in [1.29, 1.82) is 0 Å². The van der Waals surface area contributed by atoms with E-state index in [0.29, 0.717) is 6.10 Å². The summed E-state index contributed by atoms with van der Waals surface area (Å²) in [7, 11) is 0. The first kappa shape index (κ1) is 15.0. The van der Waals surface area contributed by atoms with E-state index < -0.39 is 0 Å². The van der Waals surface area contributed by atoms with Gasteiger partial charge in [0.05, 0.1) is 18.2 Å². The number of hydrogen-bond donors (Lipinski definition) is 2. The number of carboxylic acid groups (broad SMARTS) is 1. The van der Waals surface area contributed by atoms with Gasteiger partial charge >= 0.3 is 0 Å². The van der Waals surface area contributed by atoms with E-state index in [0.717, 1.165) is 13.2 Å². The minimum Gasteiger partial charge on any atom is -0.483 e. The molecule has 110 valence electrons. The number of carbonyl (C=O) groups is 1. The summed E-state index contributed by atoms with van der Waals surface area (Å²) < 4.78 is 6.02. The molecule has 4 heteroatoms. The van der Waals surface area contributed by atoms with Crippen molar-refractivity contribution >= 4 is 6.47 Å². The fourth-order valence-corrected chi connectivity index (χ4v) is 3.40. The monoisotopic (exact) mass is 277 g/mol. The van der Waals surface area contributed by atoms with Gasteiger partial charge in [-0.3, -0.25) is 4.79 Å². The zero-order chi connectivity index (χ0) is 14.4. The quantitative estimate of drug-likeness (QED) is 0.774. The number of hydrogen-bond acceptors (Lipinski definition) is 3. The lowest BCUT2D eigenvalue weighted by molar-refractivity contribution is -0.122. The van der Waals surface area contributed by atoms with Crippen LogP contribution >= 0.6 is 0 Å². The Balaban J connectivity index is 0.000000452. The van der Waals surface area contributed by atoms with Crippen molar-refractivity contribution in [3.05, 3.63) is 35.4 Å². The Labute approximate surface area is 120 Å². The van der Waals surface area contributed by atoms with E-state index in [1.54, 1.807) is 0 Å². The molecule has 1 heterocycles. The molecule has 1 saturated heterocycles. The predicted octanol–water partition coefficient (Wildman–Crippen LogP) is 2.45. The molecule has 0 radical (unpaired) electrons. The highest BCUT2D eigenvalue weighted by atomic mass is 16.5. The van der Waals surface area contributed by atoms with Crippen molar-refractivity contribution in [2.45, 2.75) is 44.2 Å². The molecule has 0 amide bonds. The average molecular weight is 277 g/mol. The average Bonchev–Trinajstić information content (AvgIpc) is 2.48. The van der Waals surface area contributed by atoms with Crippen LogP contribution in [0.4, 0.5) is 0 Å². The number of rotatable bonds is 1. The number of fused-ring (bicyclic) bond motifs is 1. The first-order chi connectivity index (χ1) is 9.73. The molecule has 4 nitrogen and oxygen atoms in total. The zero-order valence-electron chi connectivity index (χ0n) is 12.0. The molecule has 2 unspecified atom stereocenters. The summed E-state index contributed by atoms with van der Waals surface area (Å²) in [6.07, 6.45) is 5.38. The van der Waals surface area contributed by atoms with Crippen LogP contribution in [0.5, 0.6) is 0 Å². The third-order valence-corrected chi connectivity index (χ3v) is 4.23. The van der Waals surface area contributed by atoms with Crippen LogP contribution in [-0.2, 0) is 15.1 Å². The molecule has 2 aliphatic rings. The summed E-state index contributed by atoms with van der Waals surface area (Å²) in [5.74, 6) is 0. The summed E-state index contributed by atoms with van der Waals surface area (Å²) in [6, 6.07) is 8.91. The molecule has 1 aliphatic heterocycles. The van der Waals surface area contributed by atoms with Gasteiger partial charge in [0.2, 0.25) is 0 Å². The molecular formula is C16H23NO3. The third kappa shape index (κ3) is 3.02. The number of aryl methyl sites for hydroxylation is 1. The van der Waals surface area contributed by atoms with E-state index in [-0.39, 0.29) is 12.0 Å². The van der Waals surface area contributed by atoms with Gasteiger partial charge in [0.1, 0.15) is 0 Å². The van der Waals surface area contributed by atoms with E-state index in [9.17, 15) is 0 Å². The van der Waals surface area contributed by atoms with Crippen molar-refractivity contribution in [3.8, 4) is 0 Å². The molecule has 0 spiro atoms. The van der Waals surface area contributed by atoms with Gasteiger partial charge in [-0.25, -0.2) is 0 Å². The fourth-order valence-electron chi connectivity index (χ4n) is 3.40. The molecule has 1 aromatic rings. The summed E-state index contributed by atoms with van der Waals surface area (Å²) in [4.78, 5) is 8.36. The van der Waals surface area contributed by atoms with Crippen LogP contribution < -0.4 is 5.32 Å². The van der Waals surface area contributed by atoms with Crippen LogP contribution in [0.1, 0.15) is 36.8 Å². The Morgan fingerprint density at radius 1 is 1.45 bits per heavy atom. The topological polar surface area (TPSA) is 58.6 Å². The van der Waals surface area contributed by atoms with E-state index in [1.807, 2.05) is 0 Å². The number of benzene rings is 1. The largest absolute Gasteiger partial charge is 0.483 e. The molecule has 0 aromatic heterocycles. The molecule has 1 saturated carbocycles. The summed E-state index contributed by atoms with van der Waals surface area (Å²) >= 11 is 0.